The monoisotopic (exact) mass is 1420 g/mol. The second-order valence-electron chi connectivity index (χ2n) is 28.6. The van der Waals surface area contributed by atoms with Crippen molar-refractivity contribution in [1.29, 1.82) is 0 Å². The maximum atomic E-state index is 13.1. The van der Waals surface area contributed by atoms with Crippen LogP contribution in [0.3, 0.4) is 0 Å². The molecule has 0 bridgehead atoms. The highest BCUT2D eigenvalue weighted by atomic mass is 31.2. The number of unbranched alkanes of at least 4 members (excludes halogenated alkanes) is 50. The largest absolute Gasteiger partial charge is 0.472 e. The number of hydrogen-bond acceptors (Lipinski definition) is 15. The standard InChI is InChI=1S/C78H152O17P2/c1-6-9-12-15-18-21-23-24-25-26-27-28-29-30-31-32-33-39-44-49-54-59-64-78(83)95-74(68-89-76(81)62-57-52-47-42-38-35-34-37-41-45-50-55-60-71(4)5)70-93-97(86,87)91-66-72(79)65-90-96(84,85)92-69-73(67-88-75(80)61-56-51-46-40-20-17-14-11-8-3)94-77(82)63-58-53-48-43-36-22-19-16-13-10-7-2/h71-74,79H,6-70H2,1-5H3,(H,84,85)(H,86,87)/t72-,73+,74+/m0/s1. The van der Waals surface area contributed by atoms with Crippen LogP contribution in [0.1, 0.15) is 413 Å². The summed E-state index contributed by atoms with van der Waals surface area (Å²) in [6.07, 6.45) is 61.2. The van der Waals surface area contributed by atoms with Crippen molar-refractivity contribution in [3.8, 4) is 0 Å². The lowest BCUT2D eigenvalue weighted by atomic mass is 10.0. The van der Waals surface area contributed by atoms with Crippen molar-refractivity contribution in [2.75, 3.05) is 39.6 Å². The molecule has 0 radical (unpaired) electrons. The number of esters is 4. The fourth-order valence-electron chi connectivity index (χ4n) is 12.1. The molecule has 0 aliphatic carbocycles. The van der Waals surface area contributed by atoms with E-state index >= 15 is 0 Å². The zero-order valence-electron chi connectivity index (χ0n) is 63.2. The van der Waals surface area contributed by atoms with Crippen LogP contribution in [0.5, 0.6) is 0 Å². The lowest BCUT2D eigenvalue weighted by Gasteiger charge is -2.21. The number of phosphoric ester groups is 2. The number of carbonyl (C=O) groups excluding carboxylic acids is 4. The second-order valence-corrected chi connectivity index (χ2v) is 31.5. The number of aliphatic hydroxyl groups is 1. The molecule has 0 aliphatic heterocycles. The van der Waals surface area contributed by atoms with Gasteiger partial charge in [0.05, 0.1) is 26.4 Å². The summed E-state index contributed by atoms with van der Waals surface area (Å²) < 4.78 is 68.5. The van der Waals surface area contributed by atoms with Gasteiger partial charge in [0.1, 0.15) is 19.3 Å². The van der Waals surface area contributed by atoms with Gasteiger partial charge in [0.2, 0.25) is 0 Å². The van der Waals surface area contributed by atoms with Crippen LogP contribution in [0.25, 0.3) is 0 Å². The Kier molecular flexibility index (Phi) is 69.6. The molecule has 0 rings (SSSR count). The van der Waals surface area contributed by atoms with Crippen molar-refractivity contribution in [3.05, 3.63) is 0 Å². The van der Waals surface area contributed by atoms with Gasteiger partial charge in [0, 0.05) is 25.7 Å². The van der Waals surface area contributed by atoms with Crippen molar-refractivity contribution in [3.63, 3.8) is 0 Å². The average Bonchev–Trinajstić information content (AvgIpc) is 1.59. The maximum Gasteiger partial charge on any atom is 0.472 e. The van der Waals surface area contributed by atoms with Crippen molar-refractivity contribution in [2.24, 2.45) is 5.92 Å². The minimum Gasteiger partial charge on any atom is -0.462 e. The van der Waals surface area contributed by atoms with Crippen molar-refractivity contribution in [1.82, 2.24) is 0 Å². The molecule has 17 nitrogen and oxygen atoms in total. The van der Waals surface area contributed by atoms with E-state index < -0.39 is 97.5 Å². The van der Waals surface area contributed by atoms with Gasteiger partial charge >= 0.3 is 39.5 Å². The van der Waals surface area contributed by atoms with Crippen LogP contribution in [0.2, 0.25) is 0 Å². The first-order valence-corrected chi connectivity index (χ1v) is 43.6. The summed E-state index contributed by atoms with van der Waals surface area (Å²) in [5.74, 6) is -1.33. The number of carbonyl (C=O) groups is 4. The number of rotatable bonds is 78. The third kappa shape index (κ3) is 72.2. The van der Waals surface area contributed by atoms with E-state index in [4.69, 9.17) is 37.0 Å². The van der Waals surface area contributed by atoms with E-state index in [9.17, 15) is 43.2 Å². The summed E-state index contributed by atoms with van der Waals surface area (Å²) in [6.45, 7) is 7.29. The molecule has 97 heavy (non-hydrogen) atoms. The molecule has 0 aromatic carbocycles. The molecule has 0 spiro atoms. The summed E-state index contributed by atoms with van der Waals surface area (Å²) in [5, 5.41) is 10.6. The lowest BCUT2D eigenvalue weighted by Crippen LogP contribution is -2.30. The Balaban J connectivity index is 5.17. The van der Waals surface area contributed by atoms with E-state index in [1.807, 2.05) is 0 Å². The van der Waals surface area contributed by atoms with Crippen LogP contribution >= 0.6 is 15.6 Å². The van der Waals surface area contributed by atoms with E-state index in [-0.39, 0.29) is 25.7 Å². The first kappa shape index (κ1) is 95.1. The predicted octanol–water partition coefficient (Wildman–Crippen LogP) is 23.3. The molecule has 576 valence electrons. The average molecular weight is 1420 g/mol. The van der Waals surface area contributed by atoms with Crippen LogP contribution in [0.15, 0.2) is 0 Å². The Labute approximate surface area is 594 Å². The smallest absolute Gasteiger partial charge is 0.462 e. The fraction of sp³-hybridized carbons (Fsp3) is 0.949. The van der Waals surface area contributed by atoms with Gasteiger partial charge in [-0.15, -0.1) is 0 Å². The van der Waals surface area contributed by atoms with E-state index in [1.54, 1.807) is 0 Å². The SMILES string of the molecule is CCCCCCCCCCCCCCCCCCCCCCCCC(=O)O[C@H](COC(=O)CCCCCCCCCCCCCCC(C)C)COP(=O)(O)OC[C@@H](O)COP(=O)(O)OC[C@@H](COC(=O)CCCCCCCCCCC)OC(=O)CCCCCCCCCCCCC. The van der Waals surface area contributed by atoms with Crippen molar-refractivity contribution < 1.29 is 80.2 Å². The van der Waals surface area contributed by atoms with Crippen molar-refractivity contribution >= 4 is 39.5 Å². The molecule has 0 aromatic rings. The van der Waals surface area contributed by atoms with Gasteiger partial charge in [-0.2, -0.15) is 0 Å². The Hall–Kier alpha value is -1.94. The van der Waals surface area contributed by atoms with E-state index in [1.165, 1.54) is 238 Å². The van der Waals surface area contributed by atoms with Gasteiger partial charge < -0.3 is 33.8 Å². The minimum absolute atomic E-state index is 0.107. The van der Waals surface area contributed by atoms with E-state index in [0.717, 1.165) is 95.8 Å². The Bertz CT molecular complexity index is 1860. The number of phosphoric acid groups is 2. The molecule has 2 unspecified atom stereocenters. The normalized spacial score (nSPS) is 13.9. The Morgan fingerprint density at radius 2 is 0.474 bits per heavy atom. The van der Waals surface area contributed by atoms with Gasteiger partial charge in [-0.1, -0.05) is 362 Å². The summed E-state index contributed by atoms with van der Waals surface area (Å²) >= 11 is 0. The van der Waals surface area contributed by atoms with Crippen LogP contribution in [-0.4, -0.2) is 96.7 Å². The van der Waals surface area contributed by atoms with Crippen LogP contribution in [-0.2, 0) is 65.4 Å². The molecule has 0 aliphatic rings. The summed E-state index contributed by atoms with van der Waals surface area (Å²) in [4.78, 5) is 72.8. The topological polar surface area (TPSA) is 237 Å². The van der Waals surface area contributed by atoms with E-state index in [0.29, 0.717) is 25.7 Å². The molecule has 0 fully saturated rings. The first-order chi connectivity index (χ1) is 47.0. The van der Waals surface area contributed by atoms with Crippen LogP contribution in [0, 0.1) is 5.92 Å². The van der Waals surface area contributed by atoms with Gasteiger partial charge in [0.15, 0.2) is 12.2 Å². The van der Waals surface area contributed by atoms with Crippen molar-refractivity contribution in [2.45, 2.75) is 432 Å². The quantitative estimate of drug-likeness (QED) is 0.0222. The van der Waals surface area contributed by atoms with Gasteiger partial charge in [0.25, 0.3) is 0 Å². The number of ether oxygens (including phenoxy) is 4. The summed E-state index contributed by atoms with van der Waals surface area (Å²) in [6, 6.07) is 0. The molecule has 0 saturated heterocycles. The highest BCUT2D eigenvalue weighted by Gasteiger charge is 2.30. The van der Waals surface area contributed by atoms with E-state index in [2.05, 4.69) is 34.6 Å². The fourth-order valence-corrected chi connectivity index (χ4v) is 13.6. The third-order valence-corrected chi connectivity index (χ3v) is 20.2. The van der Waals surface area contributed by atoms with Gasteiger partial charge in [-0.05, 0) is 31.6 Å². The predicted molar refractivity (Wildman–Crippen MR) is 395 cm³/mol. The molecule has 19 heteroatoms. The molecular weight excluding hydrogens is 1270 g/mol. The number of aliphatic hydroxyl groups excluding tert-OH is 1. The molecule has 0 saturated carbocycles. The first-order valence-electron chi connectivity index (χ1n) is 40.6. The molecule has 0 heterocycles. The molecule has 3 N–H and O–H groups in total. The zero-order valence-corrected chi connectivity index (χ0v) is 65.0. The van der Waals surface area contributed by atoms with Crippen LogP contribution < -0.4 is 0 Å². The highest BCUT2D eigenvalue weighted by molar-refractivity contribution is 7.47. The summed E-state index contributed by atoms with van der Waals surface area (Å²) in [7, 11) is -9.91. The highest BCUT2D eigenvalue weighted by Crippen LogP contribution is 2.45. The maximum absolute atomic E-state index is 13.1. The molecule has 0 amide bonds. The zero-order chi connectivity index (χ0) is 71.2. The van der Waals surface area contributed by atoms with Gasteiger partial charge in [-0.3, -0.25) is 37.3 Å². The molecule has 5 atom stereocenters. The lowest BCUT2D eigenvalue weighted by molar-refractivity contribution is -0.161. The second kappa shape index (κ2) is 71.1. The Morgan fingerprint density at radius 3 is 0.701 bits per heavy atom. The third-order valence-electron chi connectivity index (χ3n) is 18.3. The Morgan fingerprint density at radius 1 is 0.278 bits per heavy atom. The molecule has 0 aromatic heterocycles. The number of hydrogen-bond donors (Lipinski definition) is 3. The minimum atomic E-state index is -4.96. The van der Waals surface area contributed by atoms with Crippen LogP contribution in [0.4, 0.5) is 0 Å². The summed E-state index contributed by atoms with van der Waals surface area (Å²) in [5.41, 5.74) is 0. The van der Waals surface area contributed by atoms with Gasteiger partial charge in [-0.25, -0.2) is 9.13 Å². The molecular formula is C78H152O17P2.